The van der Waals surface area contributed by atoms with Crippen molar-refractivity contribution >= 4 is 15.9 Å². The Morgan fingerprint density at radius 2 is 2.08 bits per heavy atom. The zero-order valence-electron chi connectivity index (χ0n) is 15.0. The highest BCUT2D eigenvalue weighted by molar-refractivity contribution is 7.88. The molecule has 0 aromatic heterocycles. The molecule has 0 spiro atoms. The number of amides is 1. The Labute approximate surface area is 150 Å². The zero-order chi connectivity index (χ0) is 18.3. The van der Waals surface area contributed by atoms with Crippen molar-refractivity contribution < 1.29 is 17.9 Å². The summed E-state index contributed by atoms with van der Waals surface area (Å²) in [6, 6.07) is 10.0. The van der Waals surface area contributed by atoms with Crippen LogP contribution in [0.25, 0.3) is 0 Å². The second-order valence-electron chi connectivity index (χ2n) is 6.53. The Morgan fingerprint density at radius 1 is 1.36 bits per heavy atom. The maximum atomic E-state index is 12.2. The molecule has 7 heteroatoms. The second kappa shape index (κ2) is 9.31. The molecule has 1 aliphatic rings. The number of sulfonamides is 1. The minimum atomic E-state index is -3.22. The van der Waals surface area contributed by atoms with Gasteiger partial charge in [-0.1, -0.05) is 30.3 Å². The second-order valence-corrected chi connectivity index (χ2v) is 8.51. The molecular weight excluding hydrogens is 340 g/mol. The lowest BCUT2D eigenvalue weighted by Crippen LogP contribution is -2.45. The van der Waals surface area contributed by atoms with E-state index in [-0.39, 0.29) is 24.5 Å². The number of hydrogen-bond donors (Lipinski definition) is 1. The van der Waals surface area contributed by atoms with E-state index in [4.69, 9.17) is 4.74 Å². The number of nitrogens with zero attached hydrogens (tertiary/aromatic N) is 1. The molecule has 0 unspecified atom stereocenters. The van der Waals surface area contributed by atoms with Crippen LogP contribution in [-0.2, 0) is 19.6 Å². The highest BCUT2D eigenvalue weighted by atomic mass is 32.2. The zero-order valence-corrected chi connectivity index (χ0v) is 15.8. The van der Waals surface area contributed by atoms with E-state index in [0.29, 0.717) is 19.7 Å². The van der Waals surface area contributed by atoms with Crippen LogP contribution in [0.4, 0.5) is 0 Å². The van der Waals surface area contributed by atoms with Gasteiger partial charge in [-0.15, -0.1) is 0 Å². The standard InChI is InChI=1S/C18H28N2O4S/c1-15(16-8-4-3-5-9-16)24-13-7-11-19-18(21)17-10-6-12-20(14-17)25(2,22)23/h3-5,8-9,15,17H,6-7,10-14H2,1-2H3,(H,19,21)/t15-,17-/m0/s1. The van der Waals surface area contributed by atoms with E-state index in [1.165, 1.54) is 10.6 Å². The van der Waals surface area contributed by atoms with Crippen molar-refractivity contribution in [2.45, 2.75) is 32.3 Å². The lowest BCUT2D eigenvalue weighted by atomic mass is 9.99. The molecule has 2 atom stereocenters. The van der Waals surface area contributed by atoms with Crippen LogP contribution in [0.15, 0.2) is 30.3 Å². The minimum absolute atomic E-state index is 0.0264. The van der Waals surface area contributed by atoms with E-state index in [9.17, 15) is 13.2 Å². The van der Waals surface area contributed by atoms with Crippen molar-refractivity contribution in [3.05, 3.63) is 35.9 Å². The average Bonchev–Trinajstić information content (AvgIpc) is 2.61. The molecule has 0 aliphatic carbocycles. The van der Waals surface area contributed by atoms with Crippen LogP contribution < -0.4 is 5.32 Å². The van der Waals surface area contributed by atoms with Crippen molar-refractivity contribution in [2.75, 3.05) is 32.5 Å². The summed E-state index contributed by atoms with van der Waals surface area (Å²) >= 11 is 0. The van der Waals surface area contributed by atoms with E-state index in [2.05, 4.69) is 5.32 Å². The van der Waals surface area contributed by atoms with Gasteiger partial charge in [0.15, 0.2) is 0 Å². The molecule has 0 bridgehead atoms. The maximum absolute atomic E-state index is 12.2. The summed E-state index contributed by atoms with van der Waals surface area (Å²) in [5.41, 5.74) is 1.13. The fourth-order valence-electron chi connectivity index (χ4n) is 2.97. The lowest BCUT2D eigenvalue weighted by molar-refractivity contribution is -0.126. The molecule has 1 saturated heterocycles. The van der Waals surface area contributed by atoms with Crippen molar-refractivity contribution in [2.24, 2.45) is 5.92 Å². The Kier molecular flexibility index (Phi) is 7.40. The first-order chi connectivity index (χ1) is 11.9. The van der Waals surface area contributed by atoms with Crippen LogP contribution in [0, 0.1) is 5.92 Å². The topological polar surface area (TPSA) is 75.7 Å². The van der Waals surface area contributed by atoms with Gasteiger partial charge in [-0.2, -0.15) is 0 Å². The highest BCUT2D eigenvalue weighted by Crippen LogP contribution is 2.19. The first kappa shape index (κ1) is 19.9. The number of ether oxygens (including phenoxy) is 1. The third-order valence-corrected chi connectivity index (χ3v) is 5.75. The van der Waals surface area contributed by atoms with E-state index >= 15 is 0 Å². The number of carbonyl (C=O) groups excluding carboxylic acids is 1. The van der Waals surface area contributed by atoms with E-state index < -0.39 is 10.0 Å². The van der Waals surface area contributed by atoms with E-state index in [1.807, 2.05) is 37.3 Å². The predicted molar refractivity (Wildman–Crippen MR) is 97.6 cm³/mol. The monoisotopic (exact) mass is 368 g/mol. The van der Waals surface area contributed by atoms with Gasteiger partial charge >= 0.3 is 0 Å². The summed E-state index contributed by atoms with van der Waals surface area (Å²) in [7, 11) is -3.22. The van der Waals surface area contributed by atoms with Gasteiger partial charge in [-0.3, -0.25) is 4.79 Å². The van der Waals surface area contributed by atoms with Crippen LogP contribution in [0.2, 0.25) is 0 Å². The normalized spacial score (nSPS) is 20.2. The van der Waals surface area contributed by atoms with Gasteiger partial charge in [-0.05, 0) is 31.7 Å². The molecule has 1 aliphatic heterocycles. The van der Waals surface area contributed by atoms with Gasteiger partial charge in [-0.25, -0.2) is 12.7 Å². The molecule has 1 heterocycles. The van der Waals surface area contributed by atoms with Crippen LogP contribution in [0.1, 0.15) is 37.9 Å². The molecule has 2 rings (SSSR count). The summed E-state index contributed by atoms with van der Waals surface area (Å²) in [5.74, 6) is -0.322. The van der Waals surface area contributed by atoms with Crippen LogP contribution in [0.3, 0.4) is 0 Å². The largest absolute Gasteiger partial charge is 0.374 e. The summed E-state index contributed by atoms with van der Waals surface area (Å²) in [5, 5.41) is 2.90. The van der Waals surface area contributed by atoms with Gasteiger partial charge in [0.05, 0.1) is 18.3 Å². The lowest BCUT2D eigenvalue weighted by Gasteiger charge is -2.30. The highest BCUT2D eigenvalue weighted by Gasteiger charge is 2.29. The van der Waals surface area contributed by atoms with Crippen molar-refractivity contribution in [1.29, 1.82) is 0 Å². The fourth-order valence-corrected chi connectivity index (χ4v) is 3.88. The minimum Gasteiger partial charge on any atom is -0.374 e. The van der Waals surface area contributed by atoms with Gasteiger partial charge in [0, 0.05) is 26.2 Å². The predicted octanol–water partition coefficient (Wildman–Crippen LogP) is 1.94. The number of hydrogen-bond acceptors (Lipinski definition) is 4. The smallest absolute Gasteiger partial charge is 0.224 e. The number of piperidine rings is 1. The third kappa shape index (κ3) is 6.41. The SMILES string of the molecule is C[C@H](OCCCNC(=O)[C@H]1CCCN(S(C)(=O)=O)C1)c1ccccc1. The molecule has 25 heavy (non-hydrogen) atoms. The van der Waals surface area contributed by atoms with Crippen LogP contribution in [0.5, 0.6) is 0 Å². The number of benzene rings is 1. The van der Waals surface area contributed by atoms with Gasteiger partial charge in [0.1, 0.15) is 0 Å². The molecule has 1 fully saturated rings. The van der Waals surface area contributed by atoms with Gasteiger partial charge in [0.2, 0.25) is 15.9 Å². The van der Waals surface area contributed by atoms with Gasteiger partial charge < -0.3 is 10.1 Å². The van der Waals surface area contributed by atoms with Crippen LogP contribution >= 0.6 is 0 Å². The summed E-state index contributed by atoms with van der Waals surface area (Å²) < 4.78 is 30.4. The molecule has 1 N–H and O–H groups in total. The Morgan fingerprint density at radius 3 is 2.76 bits per heavy atom. The quantitative estimate of drug-likeness (QED) is 0.712. The van der Waals surface area contributed by atoms with Crippen molar-refractivity contribution in [1.82, 2.24) is 9.62 Å². The molecule has 0 radical (unpaired) electrons. The first-order valence-corrected chi connectivity index (χ1v) is 10.6. The Balaban J connectivity index is 1.65. The fraction of sp³-hybridized carbons (Fsp3) is 0.611. The molecule has 6 nitrogen and oxygen atoms in total. The molecule has 1 amide bonds. The van der Waals surface area contributed by atoms with Crippen LogP contribution in [-0.4, -0.2) is 51.1 Å². The Hall–Kier alpha value is -1.44. The summed E-state index contributed by atoms with van der Waals surface area (Å²) in [6.45, 7) is 3.90. The third-order valence-electron chi connectivity index (χ3n) is 4.48. The van der Waals surface area contributed by atoms with E-state index in [0.717, 1.165) is 24.8 Å². The molecule has 1 aromatic rings. The molecule has 140 valence electrons. The van der Waals surface area contributed by atoms with E-state index in [1.54, 1.807) is 0 Å². The number of nitrogens with one attached hydrogen (secondary N) is 1. The maximum Gasteiger partial charge on any atom is 0.224 e. The molecule has 1 aromatic carbocycles. The average molecular weight is 368 g/mol. The van der Waals surface area contributed by atoms with Crippen molar-refractivity contribution in [3.8, 4) is 0 Å². The number of carbonyl (C=O) groups is 1. The van der Waals surface area contributed by atoms with Crippen molar-refractivity contribution in [3.63, 3.8) is 0 Å². The first-order valence-electron chi connectivity index (χ1n) is 8.77. The Bertz CT molecular complexity index is 648. The summed E-state index contributed by atoms with van der Waals surface area (Å²) in [4.78, 5) is 12.2. The summed E-state index contributed by atoms with van der Waals surface area (Å²) in [6.07, 6.45) is 3.41. The van der Waals surface area contributed by atoms with Gasteiger partial charge in [0.25, 0.3) is 0 Å². The number of rotatable bonds is 8. The molecule has 0 saturated carbocycles. The molecular formula is C18H28N2O4S.